The highest BCUT2D eigenvalue weighted by molar-refractivity contribution is 5.78. The van der Waals surface area contributed by atoms with E-state index in [1.165, 1.54) is 4.68 Å². The molecule has 1 fully saturated rings. The van der Waals surface area contributed by atoms with Gasteiger partial charge in [-0.2, -0.15) is 9.67 Å². The van der Waals surface area contributed by atoms with Crippen LogP contribution in [0.4, 0.5) is 10.3 Å². The van der Waals surface area contributed by atoms with E-state index >= 15 is 0 Å². The largest absolute Gasteiger partial charge is 0.356 e. The SMILES string of the molecule is CCNC(=O)C1CCC(Nc2ncc(F)c(-n3nnc4ccccc43)n2)CC1. The second kappa shape index (κ2) is 7.87. The molecule has 0 bridgehead atoms. The maximum atomic E-state index is 14.4. The standard InChI is InChI=1S/C19H22FN7O/c1-2-21-18(28)12-7-9-13(10-8-12)23-19-22-11-14(20)17(24-19)27-16-6-4-3-5-15(16)25-26-27/h3-6,11-13H,2,7-10H2,1H3,(H,21,28)(H,22,23,24). The summed E-state index contributed by atoms with van der Waals surface area (Å²) in [5.74, 6) is 0.0179. The van der Waals surface area contributed by atoms with Gasteiger partial charge in [-0.25, -0.2) is 9.37 Å². The van der Waals surface area contributed by atoms with Crippen LogP contribution in [0.5, 0.6) is 0 Å². The first-order valence-corrected chi connectivity index (χ1v) is 9.53. The van der Waals surface area contributed by atoms with Crippen molar-refractivity contribution in [3.05, 3.63) is 36.3 Å². The molecule has 1 aliphatic rings. The number of rotatable bonds is 5. The summed E-state index contributed by atoms with van der Waals surface area (Å²) in [6, 6.07) is 7.46. The molecule has 0 unspecified atom stereocenters. The molecule has 28 heavy (non-hydrogen) atoms. The molecule has 1 amide bonds. The zero-order valence-electron chi connectivity index (χ0n) is 15.6. The Labute approximate surface area is 161 Å². The van der Waals surface area contributed by atoms with Gasteiger partial charge in [0, 0.05) is 18.5 Å². The predicted molar refractivity (Wildman–Crippen MR) is 102 cm³/mol. The Bertz CT molecular complexity index is 981. The van der Waals surface area contributed by atoms with E-state index < -0.39 is 5.82 Å². The second-order valence-electron chi connectivity index (χ2n) is 6.94. The Kier molecular flexibility index (Phi) is 5.14. The van der Waals surface area contributed by atoms with Crippen LogP contribution in [0.3, 0.4) is 0 Å². The van der Waals surface area contributed by atoms with Gasteiger partial charge in [0.1, 0.15) is 5.52 Å². The smallest absolute Gasteiger partial charge is 0.225 e. The summed E-state index contributed by atoms with van der Waals surface area (Å²) in [5.41, 5.74) is 1.34. The van der Waals surface area contributed by atoms with Crippen molar-refractivity contribution in [2.45, 2.75) is 38.6 Å². The van der Waals surface area contributed by atoms with Gasteiger partial charge in [-0.05, 0) is 44.7 Å². The van der Waals surface area contributed by atoms with Gasteiger partial charge in [0.15, 0.2) is 11.6 Å². The normalized spacial score (nSPS) is 19.5. The first kappa shape index (κ1) is 18.3. The highest BCUT2D eigenvalue weighted by Gasteiger charge is 2.26. The highest BCUT2D eigenvalue weighted by Crippen LogP contribution is 2.26. The summed E-state index contributed by atoms with van der Waals surface area (Å²) in [4.78, 5) is 20.4. The van der Waals surface area contributed by atoms with Crippen molar-refractivity contribution in [2.24, 2.45) is 5.92 Å². The van der Waals surface area contributed by atoms with Crippen molar-refractivity contribution in [3.8, 4) is 5.82 Å². The van der Waals surface area contributed by atoms with Crippen LogP contribution in [0.25, 0.3) is 16.9 Å². The molecule has 4 rings (SSSR count). The minimum atomic E-state index is -0.568. The molecule has 0 spiro atoms. The second-order valence-corrected chi connectivity index (χ2v) is 6.94. The Balaban J connectivity index is 1.49. The number of para-hydroxylation sites is 1. The molecule has 1 aromatic carbocycles. The number of hydrogen-bond acceptors (Lipinski definition) is 6. The summed E-state index contributed by atoms with van der Waals surface area (Å²) in [6.07, 6.45) is 4.44. The zero-order valence-corrected chi connectivity index (χ0v) is 15.6. The Morgan fingerprint density at radius 1 is 1.25 bits per heavy atom. The van der Waals surface area contributed by atoms with Crippen LogP contribution < -0.4 is 10.6 Å². The first-order chi connectivity index (χ1) is 13.7. The molecule has 0 atom stereocenters. The fourth-order valence-electron chi connectivity index (χ4n) is 3.60. The van der Waals surface area contributed by atoms with Gasteiger partial charge in [0.2, 0.25) is 11.9 Å². The highest BCUT2D eigenvalue weighted by atomic mass is 19.1. The number of carbonyl (C=O) groups excluding carboxylic acids is 1. The van der Waals surface area contributed by atoms with Crippen molar-refractivity contribution in [2.75, 3.05) is 11.9 Å². The van der Waals surface area contributed by atoms with Crippen LogP contribution in [0.2, 0.25) is 0 Å². The molecule has 2 N–H and O–H groups in total. The number of halogens is 1. The quantitative estimate of drug-likeness (QED) is 0.702. The van der Waals surface area contributed by atoms with Crippen molar-refractivity contribution >= 4 is 22.9 Å². The molecule has 0 radical (unpaired) electrons. The van der Waals surface area contributed by atoms with Crippen LogP contribution in [0, 0.1) is 11.7 Å². The first-order valence-electron chi connectivity index (χ1n) is 9.53. The fourth-order valence-corrected chi connectivity index (χ4v) is 3.60. The van der Waals surface area contributed by atoms with E-state index in [1.807, 2.05) is 31.2 Å². The summed E-state index contributed by atoms with van der Waals surface area (Å²) in [7, 11) is 0. The molecule has 3 aromatic rings. The number of aromatic nitrogens is 5. The van der Waals surface area contributed by atoms with Gasteiger partial charge >= 0.3 is 0 Å². The number of hydrogen-bond donors (Lipinski definition) is 2. The van der Waals surface area contributed by atoms with Crippen LogP contribution in [-0.4, -0.2) is 43.5 Å². The minimum absolute atomic E-state index is 0.0576. The molecule has 2 aromatic heterocycles. The summed E-state index contributed by atoms with van der Waals surface area (Å²) in [5, 5.41) is 14.2. The number of anilines is 1. The van der Waals surface area contributed by atoms with Crippen LogP contribution >= 0.6 is 0 Å². The molecule has 8 nitrogen and oxygen atoms in total. The maximum Gasteiger partial charge on any atom is 0.225 e. The molecule has 1 saturated carbocycles. The monoisotopic (exact) mass is 383 g/mol. The average Bonchev–Trinajstić information content (AvgIpc) is 3.14. The van der Waals surface area contributed by atoms with E-state index in [9.17, 15) is 9.18 Å². The van der Waals surface area contributed by atoms with E-state index in [4.69, 9.17) is 0 Å². The van der Waals surface area contributed by atoms with E-state index in [2.05, 4.69) is 30.9 Å². The maximum absolute atomic E-state index is 14.4. The third-order valence-corrected chi connectivity index (χ3v) is 5.06. The van der Waals surface area contributed by atoms with Gasteiger partial charge in [0.05, 0.1) is 11.7 Å². The van der Waals surface area contributed by atoms with E-state index in [1.54, 1.807) is 0 Å². The van der Waals surface area contributed by atoms with Crippen molar-refractivity contribution < 1.29 is 9.18 Å². The third kappa shape index (κ3) is 3.64. The molecule has 1 aliphatic carbocycles. The lowest BCUT2D eigenvalue weighted by Crippen LogP contribution is -2.36. The van der Waals surface area contributed by atoms with Gasteiger partial charge < -0.3 is 10.6 Å². The van der Waals surface area contributed by atoms with Crippen LogP contribution in [0.1, 0.15) is 32.6 Å². The molecular formula is C19H22FN7O. The number of nitrogens with zero attached hydrogens (tertiary/aromatic N) is 5. The molecular weight excluding hydrogens is 361 g/mol. The van der Waals surface area contributed by atoms with E-state index in [0.717, 1.165) is 31.9 Å². The summed E-state index contributed by atoms with van der Waals surface area (Å²) < 4.78 is 15.7. The number of amides is 1. The number of benzene rings is 1. The lowest BCUT2D eigenvalue weighted by molar-refractivity contribution is -0.125. The van der Waals surface area contributed by atoms with Crippen molar-refractivity contribution in [1.82, 2.24) is 30.3 Å². The van der Waals surface area contributed by atoms with Gasteiger partial charge in [-0.15, -0.1) is 5.10 Å². The minimum Gasteiger partial charge on any atom is -0.356 e. The Morgan fingerprint density at radius 2 is 2.04 bits per heavy atom. The molecule has 0 saturated heterocycles. The molecule has 9 heteroatoms. The molecule has 146 valence electrons. The van der Waals surface area contributed by atoms with Crippen molar-refractivity contribution in [1.29, 1.82) is 0 Å². The average molecular weight is 383 g/mol. The number of carbonyl (C=O) groups is 1. The van der Waals surface area contributed by atoms with E-state index in [0.29, 0.717) is 23.5 Å². The predicted octanol–water partition coefficient (Wildman–Crippen LogP) is 2.46. The van der Waals surface area contributed by atoms with Crippen LogP contribution in [-0.2, 0) is 4.79 Å². The molecule has 0 aliphatic heterocycles. The summed E-state index contributed by atoms with van der Waals surface area (Å²) in [6.45, 7) is 2.58. The summed E-state index contributed by atoms with van der Waals surface area (Å²) >= 11 is 0. The lowest BCUT2D eigenvalue weighted by Gasteiger charge is -2.28. The number of fused-ring (bicyclic) bond motifs is 1. The third-order valence-electron chi connectivity index (χ3n) is 5.06. The van der Waals surface area contributed by atoms with Gasteiger partial charge in [-0.3, -0.25) is 4.79 Å². The van der Waals surface area contributed by atoms with Crippen LogP contribution in [0.15, 0.2) is 30.5 Å². The van der Waals surface area contributed by atoms with E-state index in [-0.39, 0.29) is 23.7 Å². The number of nitrogens with one attached hydrogen (secondary N) is 2. The van der Waals surface area contributed by atoms with Gasteiger partial charge in [0.25, 0.3) is 0 Å². The fraction of sp³-hybridized carbons (Fsp3) is 0.421. The molecule has 2 heterocycles. The van der Waals surface area contributed by atoms with Crippen molar-refractivity contribution in [3.63, 3.8) is 0 Å². The van der Waals surface area contributed by atoms with Gasteiger partial charge in [-0.1, -0.05) is 17.3 Å². The Hall–Kier alpha value is -3.10. The zero-order chi connectivity index (χ0) is 19.5. The lowest BCUT2D eigenvalue weighted by atomic mass is 9.85. The topological polar surface area (TPSA) is 97.6 Å². The Morgan fingerprint density at radius 3 is 2.82 bits per heavy atom.